The second kappa shape index (κ2) is 12.0. The van der Waals surface area contributed by atoms with E-state index < -0.39 is 29.5 Å². The number of amides is 2. The van der Waals surface area contributed by atoms with Crippen molar-refractivity contribution >= 4 is 23.7 Å². The lowest BCUT2D eigenvalue weighted by Gasteiger charge is -2.43. The standard InChI is InChI=1S/C28H34FN5O3.C2HF3O2/c1-5-28(4)12-22(35)34(26(30)33-28)23(16-10-17(29)14-31-13-16)19-11-20(19)25(36)32-24-18-8-6-7-9-21(18)37-15-27(24,2)3;3-2(4,5)1(6)7/h6-10,13-14,19-20,23-24H,5,11-12,15H2,1-4H3,(H2,30,33)(H,32,36);(H,6,7)/t19-,20-,23?,24?,28+;/m1./s1. The van der Waals surface area contributed by atoms with Crippen molar-refractivity contribution in [3.8, 4) is 5.75 Å². The number of hydrogen-bond donors (Lipinski definition) is 4. The topological polar surface area (TPSA) is 145 Å². The van der Waals surface area contributed by atoms with Gasteiger partial charge in [-0.1, -0.05) is 39.0 Å². The SMILES string of the molecule is CC[C@@]1(C)CC(=O)N(C(c2cncc(F)c2)[C@@H]2C[C@H]2C(=O)NC2c3ccccc3OCC2(C)C)C(=N)N1.O=C(O)C(F)(F)F. The molecule has 5 atom stereocenters. The van der Waals surface area contributed by atoms with E-state index in [2.05, 4.69) is 29.5 Å². The molecule has 0 bridgehead atoms. The second-order valence-corrected chi connectivity index (χ2v) is 12.3. The smallest absolute Gasteiger partial charge is 0.490 e. The molecule has 4 N–H and O–H groups in total. The Morgan fingerprint density at radius 2 is 1.91 bits per heavy atom. The summed E-state index contributed by atoms with van der Waals surface area (Å²) in [5.41, 5.74) is 0.584. The van der Waals surface area contributed by atoms with Crippen LogP contribution in [0.25, 0.3) is 0 Å². The first-order valence-electron chi connectivity index (χ1n) is 14.1. The number of carboxylic acids is 1. The summed E-state index contributed by atoms with van der Waals surface area (Å²) in [7, 11) is 0. The first-order chi connectivity index (χ1) is 20.5. The summed E-state index contributed by atoms with van der Waals surface area (Å²) in [4.78, 5) is 41.2. The molecule has 2 fully saturated rings. The van der Waals surface area contributed by atoms with Gasteiger partial charge in [0.25, 0.3) is 0 Å². The van der Waals surface area contributed by atoms with Crippen molar-refractivity contribution in [1.82, 2.24) is 20.5 Å². The third kappa shape index (κ3) is 6.94. The van der Waals surface area contributed by atoms with Gasteiger partial charge in [0.05, 0.1) is 31.3 Å². The molecule has 0 radical (unpaired) electrons. The molecule has 1 aliphatic carbocycles. The van der Waals surface area contributed by atoms with Crippen LogP contribution in [0.5, 0.6) is 5.75 Å². The molecule has 1 aromatic carbocycles. The number of rotatable bonds is 6. The van der Waals surface area contributed by atoms with Crippen LogP contribution < -0.4 is 15.4 Å². The minimum Gasteiger partial charge on any atom is -0.493 e. The average molecular weight is 622 g/mol. The third-order valence-electron chi connectivity index (χ3n) is 8.32. The molecule has 1 saturated carbocycles. The van der Waals surface area contributed by atoms with Gasteiger partial charge in [-0.2, -0.15) is 13.2 Å². The number of carboxylic acid groups (broad SMARTS) is 1. The number of nitrogens with zero attached hydrogens (tertiary/aromatic N) is 2. The number of aromatic nitrogens is 1. The zero-order valence-corrected chi connectivity index (χ0v) is 24.7. The fraction of sp³-hybridized carbons (Fsp3) is 0.500. The quantitative estimate of drug-likeness (QED) is 0.341. The van der Waals surface area contributed by atoms with Crippen molar-refractivity contribution in [2.45, 2.75) is 70.8 Å². The Bertz CT molecular complexity index is 1430. The molecule has 2 amide bonds. The summed E-state index contributed by atoms with van der Waals surface area (Å²) in [5.74, 6) is -3.51. The largest absolute Gasteiger partial charge is 0.493 e. The van der Waals surface area contributed by atoms with Crippen LogP contribution in [0.1, 0.15) is 70.2 Å². The summed E-state index contributed by atoms with van der Waals surface area (Å²) < 4.78 is 51.9. The van der Waals surface area contributed by atoms with E-state index in [0.29, 0.717) is 25.0 Å². The zero-order valence-electron chi connectivity index (χ0n) is 24.7. The first-order valence-corrected chi connectivity index (χ1v) is 14.1. The Hall–Kier alpha value is -4.23. The predicted molar refractivity (Wildman–Crippen MR) is 150 cm³/mol. The number of benzene rings is 1. The van der Waals surface area contributed by atoms with E-state index in [9.17, 15) is 27.2 Å². The van der Waals surface area contributed by atoms with Gasteiger partial charge in [0.1, 0.15) is 11.6 Å². The van der Waals surface area contributed by atoms with E-state index in [1.54, 1.807) is 0 Å². The number of fused-ring (bicyclic) bond motifs is 1. The number of hydrogen-bond acceptors (Lipinski definition) is 6. The van der Waals surface area contributed by atoms with Crippen LogP contribution >= 0.6 is 0 Å². The molecule has 3 aliphatic rings. The average Bonchev–Trinajstić information content (AvgIpc) is 3.72. The zero-order chi connectivity index (χ0) is 32.6. The number of ether oxygens (including phenoxy) is 1. The monoisotopic (exact) mass is 621 g/mol. The molecule has 5 rings (SSSR count). The number of halogens is 4. The molecule has 0 spiro atoms. The molecule has 10 nitrogen and oxygen atoms in total. The van der Waals surface area contributed by atoms with Gasteiger partial charge in [-0.15, -0.1) is 0 Å². The van der Waals surface area contributed by atoms with E-state index >= 15 is 0 Å². The Morgan fingerprint density at radius 1 is 1.25 bits per heavy atom. The summed E-state index contributed by atoms with van der Waals surface area (Å²) in [5, 5.41) is 22.2. The van der Waals surface area contributed by atoms with Crippen molar-refractivity contribution in [3.63, 3.8) is 0 Å². The molecular formula is C30H35F4N5O5. The number of alkyl halides is 3. The van der Waals surface area contributed by atoms with Gasteiger partial charge >= 0.3 is 12.1 Å². The normalized spacial score (nSPS) is 26.2. The second-order valence-electron chi connectivity index (χ2n) is 12.3. The Morgan fingerprint density at radius 3 is 2.50 bits per heavy atom. The molecule has 2 aliphatic heterocycles. The highest BCUT2D eigenvalue weighted by Gasteiger charge is 2.54. The van der Waals surface area contributed by atoms with Gasteiger partial charge in [-0.25, -0.2) is 9.18 Å². The lowest BCUT2D eigenvalue weighted by atomic mass is 9.79. The van der Waals surface area contributed by atoms with Crippen LogP contribution in [0.3, 0.4) is 0 Å². The summed E-state index contributed by atoms with van der Waals surface area (Å²) in [6.45, 7) is 8.47. The van der Waals surface area contributed by atoms with Crippen molar-refractivity contribution in [2.24, 2.45) is 17.3 Å². The molecule has 2 unspecified atom stereocenters. The number of guanidine groups is 1. The Balaban J connectivity index is 0.000000566. The van der Waals surface area contributed by atoms with Gasteiger partial charge < -0.3 is 20.5 Å². The van der Waals surface area contributed by atoms with Crippen LogP contribution in [0.15, 0.2) is 42.7 Å². The molecule has 14 heteroatoms. The molecule has 1 aromatic heterocycles. The number of aliphatic carboxylic acids is 1. The summed E-state index contributed by atoms with van der Waals surface area (Å²) in [6, 6.07) is 8.16. The number of nitrogens with one attached hydrogen (secondary N) is 3. The van der Waals surface area contributed by atoms with Crippen molar-refractivity contribution in [1.29, 1.82) is 5.41 Å². The lowest BCUT2D eigenvalue weighted by molar-refractivity contribution is -0.192. The molecule has 44 heavy (non-hydrogen) atoms. The van der Waals surface area contributed by atoms with E-state index in [1.807, 2.05) is 38.1 Å². The maximum atomic E-state index is 14.2. The summed E-state index contributed by atoms with van der Waals surface area (Å²) in [6.07, 6.45) is -1.04. The minimum atomic E-state index is -5.08. The summed E-state index contributed by atoms with van der Waals surface area (Å²) >= 11 is 0. The molecule has 2 aromatic rings. The predicted octanol–water partition coefficient (Wildman–Crippen LogP) is 4.73. The maximum Gasteiger partial charge on any atom is 0.490 e. The highest BCUT2D eigenvalue weighted by Crippen LogP contribution is 2.52. The van der Waals surface area contributed by atoms with Crippen molar-refractivity contribution in [2.75, 3.05) is 6.61 Å². The fourth-order valence-electron chi connectivity index (χ4n) is 5.63. The van der Waals surface area contributed by atoms with Gasteiger partial charge in [-0.05, 0) is 43.4 Å². The highest BCUT2D eigenvalue weighted by atomic mass is 19.4. The van der Waals surface area contributed by atoms with Crippen LogP contribution in [-0.4, -0.2) is 57.1 Å². The van der Waals surface area contributed by atoms with Crippen molar-refractivity contribution < 1.29 is 41.8 Å². The van der Waals surface area contributed by atoms with Crippen LogP contribution in [-0.2, 0) is 14.4 Å². The molecule has 1 saturated heterocycles. The Kier molecular flexibility index (Phi) is 8.94. The van der Waals surface area contributed by atoms with Crippen LogP contribution in [0.4, 0.5) is 17.6 Å². The van der Waals surface area contributed by atoms with E-state index in [1.165, 1.54) is 17.2 Å². The van der Waals surface area contributed by atoms with Gasteiger partial charge in [-0.3, -0.25) is 24.9 Å². The van der Waals surface area contributed by atoms with Crippen LogP contribution in [0.2, 0.25) is 0 Å². The lowest BCUT2D eigenvalue weighted by Crippen LogP contribution is -2.61. The number of para-hydroxylation sites is 1. The van der Waals surface area contributed by atoms with Gasteiger partial charge in [0, 0.05) is 28.6 Å². The molecular weight excluding hydrogens is 586 g/mol. The van der Waals surface area contributed by atoms with Gasteiger partial charge in [0.2, 0.25) is 11.8 Å². The van der Waals surface area contributed by atoms with E-state index in [4.69, 9.17) is 20.0 Å². The van der Waals surface area contributed by atoms with Crippen LogP contribution in [0, 0.1) is 28.5 Å². The minimum absolute atomic E-state index is 0.0274. The first kappa shape index (κ1) is 32.7. The Labute approximate surface area is 251 Å². The number of pyridine rings is 1. The molecule has 238 valence electrons. The number of carbonyl (C=O) groups is 3. The number of carbonyl (C=O) groups excluding carboxylic acids is 2. The highest BCUT2D eigenvalue weighted by molar-refractivity contribution is 5.99. The molecule has 3 heterocycles. The van der Waals surface area contributed by atoms with E-state index in [0.717, 1.165) is 17.5 Å². The third-order valence-corrected chi connectivity index (χ3v) is 8.32. The fourth-order valence-corrected chi connectivity index (χ4v) is 5.63. The van der Waals surface area contributed by atoms with Gasteiger partial charge in [0.15, 0.2) is 5.96 Å². The van der Waals surface area contributed by atoms with Crippen molar-refractivity contribution in [3.05, 3.63) is 59.7 Å². The van der Waals surface area contributed by atoms with E-state index in [-0.39, 0.29) is 47.5 Å². The maximum absolute atomic E-state index is 14.2.